The molecule has 1 N–H and O–H groups in total. The minimum absolute atomic E-state index is 0.165. The highest BCUT2D eigenvalue weighted by molar-refractivity contribution is 7.92. The van der Waals surface area contributed by atoms with E-state index < -0.39 is 61.0 Å². The first-order valence-electron chi connectivity index (χ1n) is 8.34. The Bertz CT molecular complexity index is 1220. The molecule has 1 aliphatic rings. The number of nitriles is 1. The predicted octanol–water partition coefficient (Wildman–Crippen LogP) is 4.16. The third kappa shape index (κ3) is 3.70. The Morgan fingerprint density at radius 2 is 1.97 bits per heavy atom. The van der Waals surface area contributed by atoms with Crippen LogP contribution in [0.1, 0.15) is 22.8 Å². The van der Waals surface area contributed by atoms with Crippen LogP contribution >= 0.6 is 0 Å². The van der Waals surface area contributed by atoms with Gasteiger partial charge >= 0.3 is 5.25 Å². The highest BCUT2D eigenvalue weighted by atomic mass is 32.2. The molecule has 0 amide bonds. The maximum atomic E-state index is 14.3. The Morgan fingerprint density at radius 1 is 1.29 bits per heavy atom. The first-order chi connectivity index (χ1) is 14.4. The minimum Gasteiger partial charge on any atom is -0.496 e. The first kappa shape index (κ1) is 22.5. The number of benzene rings is 2. The zero-order chi connectivity index (χ0) is 23.1. The van der Waals surface area contributed by atoms with Crippen molar-refractivity contribution in [1.29, 1.82) is 5.26 Å². The molecule has 0 fully saturated rings. The normalized spacial score (nSPS) is 19.1. The van der Waals surface area contributed by atoms with Gasteiger partial charge in [-0.05, 0) is 24.3 Å². The highest BCUT2D eigenvalue weighted by Gasteiger charge is 2.61. The molecule has 0 spiro atoms. The number of allylic oxidation sites excluding steroid dienone is 1. The van der Waals surface area contributed by atoms with Crippen molar-refractivity contribution in [1.82, 2.24) is 0 Å². The molecule has 1 aliphatic heterocycles. The maximum absolute atomic E-state index is 14.3. The molecule has 2 aromatic carbocycles. The van der Waals surface area contributed by atoms with E-state index in [0.717, 1.165) is 31.4 Å². The second-order valence-electron chi connectivity index (χ2n) is 6.28. The Morgan fingerprint density at radius 3 is 2.55 bits per heavy atom. The maximum Gasteiger partial charge on any atom is 0.379 e. The fourth-order valence-electron chi connectivity index (χ4n) is 3.07. The van der Waals surface area contributed by atoms with Gasteiger partial charge in [0, 0.05) is 17.7 Å². The summed E-state index contributed by atoms with van der Waals surface area (Å²) in [7, 11) is -4.43. The monoisotopic (exact) mass is 461 g/mol. The molecule has 0 aliphatic carbocycles. The van der Waals surface area contributed by atoms with E-state index in [1.54, 1.807) is 6.07 Å². The van der Waals surface area contributed by atoms with Crippen molar-refractivity contribution in [3.63, 3.8) is 0 Å². The van der Waals surface area contributed by atoms with Crippen molar-refractivity contribution < 1.29 is 45.0 Å². The van der Waals surface area contributed by atoms with Crippen molar-refractivity contribution in [3.05, 3.63) is 58.9 Å². The van der Waals surface area contributed by atoms with Gasteiger partial charge in [0.1, 0.15) is 23.1 Å². The molecule has 12 heteroatoms. The van der Waals surface area contributed by atoms with E-state index in [1.165, 1.54) is 0 Å². The minimum atomic E-state index is -5.34. The van der Waals surface area contributed by atoms with E-state index in [0.29, 0.717) is 6.07 Å². The van der Waals surface area contributed by atoms with Gasteiger partial charge < -0.3 is 14.6 Å². The molecule has 6 nitrogen and oxygen atoms in total. The van der Waals surface area contributed by atoms with Crippen LogP contribution in [0.4, 0.5) is 22.0 Å². The van der Waals surface area contributed by atoms with E-state index in [-0.39, 0.29) is 17.4 Å². The molecule has 2 aromatic rings. The van der Waals surface area contributed by atoms with Crippen LogP contribution < -0.4 is 4.74 Å². The Hall–Kier alpha value is -3.17. The van der Waals surface area contributed by atoms with Crippen molar-refractivity contribution in [2.24, 2.45) is 0 Å². The number of sulfone groups is 1. The number of aliphatic hydroxyl groups excluding tert-OH is 1. The van der Waals surface area contributed by atoms with E-state index >= 15 is 0 Å². The summed E-state index contributed by atoms with van der Waals surface area (Å²) in [5, 5.41) is 14.4. The molecule has 1 heterocycles. The number of alkyl halides is 4. The number of halogens is 5. The molecule has 3 rings (SSSR count). The number of methoxy groups -OCH3 is 1. The van der Waals surface area contributed by atoms with Crippen LogP contribution in [0.25, 0.3) is 5.76 Å². The number of aliphatic hydroxyl groups is 1. The van der Waals surface area contributed by atoms with Gasteiger partial charge in [0.05, 0.1) is 29.2 Å². The molecule has 0 radical (unpaired) electrons. The van der Waals surface area contributed by atoms with Gasteiger partial charge in [0.25, 0.3) is 6.43 Å². The summed E-state index contributed by atoms with van der Waals surface area (Å²) in [6.07, 6.45) is -5.86. The number of hydrogen-bond donors (Lipinski definition) is 1. The average molecular weight is 461 g/mol. The molecule has 1 unspecified atom stereocenters. The average Bonchev–Trinajstić information content (AvgIpc) is 2.82. The van der Waals surface area contributed by atoms with Gasteiger partial charge in [0.2, 0.25) is 9.84 Å². The summed E-state index contributed by atoms with van der Waals surface area (Å²) in [6, 6.07) is 6.01. The quantitative estimate of drug-likeness (QED) is 0.531. The smallest absolute Gasteiger partial charge is 0.379 e. The van der Waals surface area contributed by atoms with Crippen molar-refractivity contribution >= 4 is 15.6 Å². The topological polar surface area (TPSA) is 96.6 Å². The number of rotatable bonds is 5. The lowest BCUT2D eigenvalue weighted by Gasteiger charge is -2.19. The van der Waals surface area contributed by atoms with Crippen LogP contribution in [0.15, 0.2) is 41.3 Å². The van der Waals surface area contributed by atoms with Crippen molar-refractivity contribution in [3.8, 4) is 17.6 Å². The van der Waals surface area contributed by atoms with Gasteiger partial charge in [-0.2, -0.15) is 14.0 Å². The molecule has 0 bridgehead atoms. The van der Waals surface area contributed by atoms with Crippen LogP contribution in [0.5, 0.6) is 11.5 Å². The SMILES string of the molecule is COC(=CC(F)F)c1c(Oc2cc(F)cc(C#N)c2)ccc2c1C(O)C(F)(F)S2(=O)=O. The van der Waals surface area contributed by atoms with E-state index in [9.17, 15) is 35.5 Å². The van der Waals surface area contributed by atoms with E-state index in [1.807, 2.05) is 0 Å². The van der Waals surface area contributed by atoms with E-state index in [4.69, 9.17) is 14.7 Å². The molecular formula is C19H12F5NO5S. The first-order valence-corrected chi connectivity index (χ1v) is 9.82. The standard InChI is InChI=1S/C19H12F5NO5S/c1-29-13(7-15(21)22)16-12(30-11-5-9(8-25)4-10(20)6-11)2-3-14-17(16)18(26)19(23,24)31(14,27)28/h2-7,15,18,26H,1H3. The summed E-state index contributed by atoms with van der Waals surface area (Å²) in [5.41, 5.74) is -1.76. The lowest BCUT2D eigenvalue weighted by Crippen LogP contribution is -2.28. The predicted molar refractivity (Wildman–Crippen MR) is 95.7 cm³/mol. The Labute approximate surface area is 172 Å². The zero-order valence-corrected chi connectivity index (χ0v) is 16.3. The van der Waals surface area contributed by atoms with Crippen molar-refractivity contribution in [2.75, 3.05) is 7.11 Å². The number of fused-ring (bicyclic) bond motifs is 1. The Kier molecular flexibility index (Phi) is 5.68. The van der Waals surface area contributed by atoms with Crippen LogP contribution in [0.2, 0.25) is 0 Å². The fraction of sp³-hybridized carbons (Fsp3) is 0.211. The fourth-order valence-corrected chi connectivity index (χ4v) is 4.52. The summed E-state index contributed by atoms with van der Waals surface area (Å²) in [5.74, 6) is -2.45. The van der Waals surface area contributed by atoms with Gasteiger partial charge in [-0.25, -0.2) is 21.6 Å². The Balaban J connectivity index is 2.31. The lowest BCUT2D eigenvalue weighted by molar-refractivity contribution is -0.0378. The third-order valence-corrected chi connectivity index (χ3v) is 6.25. The van der Waals surface area contributed by atoms with Gasteiger partial charge in [0.15, 0.2) is 6.10 Å². The molecule has 0 aromatic heterocycles. The number of nitrogens with zero attached hydrogens (tertiary/aromatic N) is 1. The summed E-state index contributed by atoms with van der Waals surface area (Å²) >= 11 is 0. The van der Waals surface area contributed by atoms with Crippen LogP contribution in [-0.4, -0.2) is 32.3 Å². The van der Waals surface area contributed by atoms with Gasteiger partial charge in [-0.15, -0.1) is 0 Å². The van der Waals surface area contributed by atoms with Crippen molar-refractivity contribution in [2.45, 2.75) is 22.7 Å². The van der Waals surface area contributed by atoms with Crippen LogP contribution in [0.3, 0.4) is 0 Å². The van der Waals surface area contributed by atoms with E-state index in [2.05, 4.69) is 0 Å². The summed E-state index contributed by atoms with van der Waals surface area (Å²) in [4.78, 5) is -0.999. The zero-order valence-electron chi connectivity index (χ0n) is 15.4. The summed E-state index contributed by atoms with van der Waals surface area (Å²) in [6.45, 7) is 0. The molecular weight excluding hydrogens is 449 g/mol. The molecule has 164 valence electrons. The molecule has 1 atom stereocenters. The van der Waals surface area contributed by atoms with Crippen LogP contribution in [0, 0.1) is 17.1 Å². The van der Waals surface area contributed by atoms with Gasteiger partial charge in [-0.1, -0.05) is 0 Å². The van der Waals surface area contributed by atoms with Crippen LogP contribution in [-0.2, 0) is 14.6 Å². The second-order valence-corrected chi connectivity index (χ2v) is 8.27. The highest BCUT2D eigenvalue weighted by Crippen LogP contribution is 2.53. The molecule has 31 heavy (non-hydrogen) atoms. The molecule has 0 saturated carbocycles. The molecule has 0 saturated heterocycles. The largest absolute Gasteiger partial charge is 0.496 e. The number of hydrogen-bond acceptors (Lipinski definition) is 6. The lowest BCUT2D eigenvalue weighted by atomic mass is 9.99. The third-order valence-electron chi connectivity index (χ3n) is 4.38. The summed E-state index contributed by atoms with van der Waals surface area (Å²) < 4.78 is 103. The number of ether oxygens (including phenoxy) is 2. The van der Waals surface area contributed by atoms with Gasteiger partial charge in [-0.3, -0.25) is 0 Å². The second kappa shape index (κ2) is 7.82.